The molecule has 4 nitrogen and oxygen atoms in total. The summed E-state index contributed by atoms with van der Waals surface area (Å²) in [7, 11) is 1.66. The number of anilines is 1. The van der Waals surface area contributed by atoms with Gasteiger partial charge in [-0.05, 0) is 42.0 Å². The van der Waals surface area contributed by atoms with Crippen molar-refractivity contribution in [2.24, 2.45) is 5.10 Å². The van der Waals surface area contributed by atoms with Crippen molar-refractivity contribution in [3.05, 3.63) is 78.4 Å². The molecule has 4 aromatic rings. The lowest BCUT2D eigenvalue weighted by atomic mass is 10.1. The van der Waals surface area contributed by atoms with Crippen molar-refractivity contribution < 1.29 is 4.74 Å². The third-order valence-electron chi connectivity index (χ3n) is 4.09. The zero-order chi connectivity index (χ0) is 17.1. The van der Waals surface area contributed by atoms with E-state index in [1.54, 1.807) is 13.3 Å². The van der Waals surface area contributed by atoms with Gasteiger partial charge < -0.3 is 4.74 Å². The Morgan fingerprint density at radius 3 is 2.04 bits per heavy atom. The van der Waals surface area contributed by atoms with Crippen molar-refractivity contribution in [2.75, 3.05) is 12.5 Å². The molecule has 1 aromatic heterocycles. The topological polar surface area (TPSA) is 46.5 Å². The summed E-state index contributed by atoms with van der Waals surface area (Å²) >= 11 is 0. The molecule has 0 fully saturated rings. The highest BCUT2D eigenvalue weighted by molar-refractivity contribution is 6.07. The zero-order valence-corrected chi connectivity index (χ0v) is 13.8. The molecule has 25 heavy (non-hydrogen) atoms. The first-order valence-electron chi connectivity index (χ1n) is 8.06. The average Bonchev–Trinajstić information content (AvgIpc) is 2.68. The predicted molar refractivity (Wildman–Crippen MR) is 103 cm³/mol. The van der Waals surface area contributed by atoms with E-state index in [0.29, 0.717) is 0 Å². The van der Waals surface area contributed by atoms with Crippen LogP contribution >= 0.6 is 0 Å². The maximum Gasteiger partial charge on any atom is 0.118 e. The van der Waals surface area contributed by atoms with Gasteiger partial charge in [0.2, 0.25) is 0 Å². The molecular formula is C21H17N3O. The molecular weight excluding hydrogens is 310 g/mol. The monoisotopic (exact) mass is 327 g/mol. The summed E-state index contributed by atoms with van der Waals surface area (Å²) in [4.78, 5) is 4.72. The lowest BCUT2D eigenvalue weighted by Crippen LogP contribution is -1.95. The predicted octanol–water partition coefficient (Wildman–Crippen LogP) is 4.84. The number of rotatable bonds is 4. The number of nitrogens with one attached hydrogen (secondary N) is 1. The van der Waals surface area contributed by atoms with Gasteiger partial charge in [0.1, 0.15) is 5.75 Å². The van der Waals surface area contributed by atoms with Crippen molar-refractivity contribution in [3.8, 4) is 5.75 Å². The van der Waals surface area contributed by atoms with Crippen LogP contribution in [0.15, 0.2) is 77.9 Å². The van der Waals surface area contributed by atoms with E-state index in [4.69, 9.17) is 9.72 Å². The van der Waals surface area contributed by atoms with Gasteiger partial charge in [-0.15, -0.1) is 0 Å². The molecule has 0 spiro atoms. The fraction of sp³-hybridized carbons (Fsp3) is 0.0476. The second kappa shape index (κ2) is 6.61. The largest absolute Gasteiger partial charge is 0.497 e. The standard InChI is InChI=1S/C21H17N3O/c1-25-16-12-10-15(11-13-16)14-22-24-21-17-6-2-4-8-19(17)23-20-9-5-3-7-18(20)21/h2-14H,1H3,(H,23,24)/b22-14+. The number of hydrazone groups is 1. The van der Waals surface area contributed by atoms with Gasteiger partial charge >= 0.3 is 0 Å². The Kier molecular flexibility index (Phi) is 4.01. The molecule has 1 heterocycles. The van der Waals surface area contributed by atoms with Crippen LogP contribution in [0.1, 0.15) is 5.56 Å². The van der Waals surface area contributed by atoms with Crippen molar-refractivity contribution >= 4 is 33.7 Å². The summed E-state index contributed by atoms with van der Waals surface area (Å²) in [5.41, 5.74) is 7.06. The molecule has 0 saturated heterocycles. The van der Waals surface area contributed by atoms with Crippen LogP contribution in [-0.4, -0.2) is 18.3 Å². The van der Waals surface area contributed by atoms with E-state index in [-0.39, 0.29) is 0 Å². The molecule has 4 heteroatoms. The van der Waals surface area contributed by atoms with Crippen molar-refractivity contribution in [3.63, 3.8) is 0 Å². The Balaban J connectivity index is 1.72. The maximum absolute atomic E-state index is 5.17. The van der Waals surface area contributed by atoms with Gasteiger partial charge in [0.05, 0.1) is 30.0 Å². The average molecular weight is 327 g/mol. The first-order valence-corrected chi connectivity index (χ1v) is 8.06. The highest BCUT2D eigenvalue weighted by Crippen LogP contribution is 2.30. The van der Waals surface area contributed by atoms with E-state index < -0.39 is 0 Å². The second-order valence-corrected chi connectivity index (χ2v) is 5.66. The highest BCUT2D eigenvalue weighted by Gasteiger charge is 2.07. The molecule has 122 valence electrons. The summed E-state index contributed by atoms with van der Waals surface area (Å²) in [5.74, 6) is 0.830. The Morgan fingerprint density at radius 1 is 0.840 bits per heavy atom. The number of hydrogen-bond donors (Lipinski definition) is 1. The lowest BCUT2D eigenvalue weighted by molar-refractivity contribution is 0.415. The third kappa shape index (κ3) is 3.02. The normalized spacial score (nSPS) is 11.2. The minimum absolute atomic E-state index is 0.830. The van der Waals surface area contributed by atoms with Crippen LogP contribution in [0.25, 0.3) is 21.8 Å². The SMILES string of the molecule is COc1ccc(/C=N/Nc2c3ccccc3nc3ccccc23)cc1. The van der Waals surface area contributed by atoms with Crippen LogP contribution in [0.2, 0.25) is 0 Å². The zero-order valence-electron chi connectivity index (χ0n) is 13.8. The molecule has 0 aliphatic carbocycles. The molecule has 0 bridgehead atoms. The number of fused-ring (bicyclic) bond motifs is 2. The minimum atomic E-state index is 0.830. The maximum atomic E-state index is 5.17. The number of ether oxygens (including phenoxy) is 1. The van der Waals surface area contributed by atoms with E-state index >= 15 is 0 Å². The van der Waals surface area contributed by atoms with Gasteiger partial charge in [0.25, 0.3) is 0 Å². The second-order valence-electron chi connectivity index (χ2n) is 5.66. The highest BCUT2D eigenvalue weighted by atomic mass is 16.5. The number of aromatic nitrogens is 1. The molecule has 0 saturated carbocycles. The van der Waals surface area contributed by atoms with Crippen molar-refractivity contribution in [2.45, 2.75) is 0 Å². The van der Waals surface area contributed by atoms with Crippen molar-refractivity contribution in [1.29, 1.82) is 0 Å². The van der Waals surface area contributed by atoms with E-state index in [9.17, 15) is 0 Å². The van der Waals surface area contributed by atoms with Crippen LogP contribution in [0, 0.1) is 0 Å². The number of para-hydroxylation sites is 2. The Bertz CT molecular complexity index is 1000. The van der Waals surface area contributed by atoms with E-state index in [2.05, 4.69) is 22.7 Å². The summed E-state index contributed by atoms with van der Waals surface area (Å²) in [6.45, 7) is 0. The first kappa shape index (κ1) is 15.1. The number of methoxy groups -OCH3 is 1. The van der Waals surface area contributed by atoms with Gasteiger partial charge in [-0.2, -0.15) is 5.10 Å². The van der Waals surface area contributed by atoms with Gasteiger partial charge in [-0.1, -0.05) is 36.4 Å². The summed E-state index contributed by atoms with van der Waals surface area (Å²) in [5, 5.41) is 6.52. The smallest absolute Gasteiger partial charge is 0.118 e. The van der Waals surface area contributed by atoms with Crippen molar-refractivity contribution in [1.82, 2.24) is 4.98 Å². The molecule has 0 unspecified atom stereocenters. The fourth-order valence-electron chi connectivity index (χ4n) is 2.82. The van der Waals surface area contributed by atoms with Gasteiger partial charge in [0, 0.05) is 10.8 Å². The summed E-state index contributed by atoms with van der Waals surface area (Å²) < 4.78 is 5.17. The van der Waals surface area contributed by atoms with Crippen LogP contribution in [0.3, 0.4) is 0 Å². The summed E-state index contributed by atoms with van der Waals surface area (Å²) in [6.07, 6.45) is 1.80. The van der Waals surface area contributed by atoms with Crippen LogP contribution in [-0.2, 0) is 0 Å². The van der Waals surface area contributed by atoms with E-state index in [1.807, 2.05) is 60.7 Å². The minimum Gasteiger partial charge on any atom is -0.497 e. The number of pyridine rings is 1. The van der Waals surface area contributed by atoms with E-state index in [0.717, 1.165) is 38.8 Å². The van der Waals surface area contributed by atoms with Gasteiger partial charge in [0.15, 0.2) is 0 Å². The molecule has 0 atom stereocenters. The number of nitrogens with zero attached hydrogens (tertiary/aromatic N) is 2. The van der Waals surface area contributed by atoms with E-state index in [1.165, 1.54) is 0 Å². The van der Waals surface area contributed by atoms with Gasteiger partial charge in [-0.3, -0.25) is 5.43 Å². The van der Waals surface area contributed by atoms with Crippen LogP contribution in [0.4, 0.5) is 5.69 Å². The molecule has 3 aromatic carbocycles. The van der Waals surface area contributed by atoms with Crippen LogP contribution < -0.4 is 10.2 Å². The van der Waals surface area contributed by atoms with Gasteiger partial charge in [-0.25, -0.2) is 4.98 Å². The third-order valence-corrected chi connectivity index (χ3v) is 4.09. The summed E-state index contributed by atoms with van der Waals surface area (Å²) in [6, 6.07) is 23.9. The molecule has 0 aliphatic rings. The molecule has 1 N–H and O–H groups in total. The lowest BCUT2D eigenvalue weighted by Gasteiger charge is -2.09. The molecule has 0 aliphatic heterocycles. The molecule has 0 radical (unpaired) electrons. The number of benzene rings is 3. The molecule has 4 rings (SSSR count). The van der Waals surface area contributed by atoms with Crippen LogP contribution in [0.5, 0.6) is 5.75 Å². The Morgan fingerprint density at radius 2 is 1.44 bits per heavy atom. The quantitative estimate of drug-likeness (QED) is 0.331. The Hall–Kier alpha value is -3.40. The first-order chi connectivity index (χ1) is 12.3. The Labute approximate surface area is 145 Å². The fourth-order valence-corrected chi connectivity index (χ4v) is 2.82. The molecule has 0 amide bonds. The number of hydrogen-bond acceptors (Lipinski definition) is 4.